The Labute approximate surface area is 189 Å². The Bertz CT molecular complexity index is 1300. The lowest BCUT2D eigenvalue weighted by Gasteiger charge is -2.17. The third kappa shape index (κ3) is 4.68. The van der Waals surface area contributed by atoms with Crippen molar-refractivity contribution in [2.45, 2.75) is 12.8 Å². The number of hydrogen-bond acceptors (Lipinski definition) is 7. The fraction of sp³-hybridized carbons (Fsp3) is 0.125. The highest BCUT2D eigenvalue weighted by Gasteiger charge is 2.15. The number of carbonyl (C=O) groups is 1. The number of primary amides is 1. The van der Waals surface area contributed by atoms with E-state index in [0.29, 0.717) is 33.6 Å². The summed E-state index contributed by atoms with van der Waals surface area (Å²) in [4.78, 5) is 20.0. The van der Waals surface area contributed by atoms with Crippen LogP contribution in [0.3, 0.4) is 0 Å². The summed E-state index contributed by atoms with van der Waals surface area (Å²) in [6.45, 7) is 0.118. The van der Waals surface area contributed by atoms with Crippen LogP contribution < -0.4 is 21.1 Å². The highest BCUT2D eigenvalue weighted by Crippen LogP contribution is 2.26. The normalized spacial score (nSPS) is 11.7. The van der Waals surface area contributed by atoms with Crippen LogP contribution in [0, 0.1) is 5.82 Å². The number of fused-ring (bicyclic) bond motifs is 1. The molecule has 4 rings (SSSR count). The van der Waals surface area contributed by atoms with Gasteiger partial charge in [0.1, 0.15) is 17.9 Å². The summed E-state index contributed by atoms with van der Waals surface area (Å²) < 4.78 is 20.2. The van der Waals surface area contributed by atoms with Crippen molar-refractivity contribution < 1.29 is 19.0 Å². The van der Waals surface area contributed by atoms with E-state index in [2.05, 4.69) is 20.6 Å². The average molecular weight is 447 g/mol. The molecular weight excluding hydrogens is 425 g/mol. The Kier molecular flexibility index (Phi) is 6.32. The first-order chi connectivity index (χ1) is 16.0. The predicted octanol–water partition coefficient (Wildman–Crippen LogP) is 3.59. The second kappa shape index (κ2) is 9.49. The zero-order chi connectivity index (χ0) is 23.4. The largest absolute Gasteiger partial charge is 0.497 e. The number of carbonyl (C=O) groups excluding carboxylic acids is 1. The molecule has 1 amide bonds. The Morgan fingerprint density at radius 2 is 1.88 bits per heavy atom. The van der Waals surface area contributed by atoms with Crippen molar-refractivity contribution in [1.82, 2.24) is 9.97 Å². The summed E-state index contributed by atoms with van der Waals surface area (Å²) in [5.74, 6) is 0.00348. The first kappa shape index (κ1) is 22.0. The Morgan fingerprint density at radius 1 is 1.12 bits per heavy atom. The van der Waals surface area contributed by atoms with Gasteiger partial charge in [0.05, 0.1) is 23.9 Å². The number of aromatic nitrogens is 2. The summed E-state index contributed by atoms with van der Waals surface area (Å²) >= 11 is 0. The summed E-state index contributed by atoms with van der Waals surface area (Å²) in [6.07, 6.45) is 0.211. The van der Waals surface area contributed by atoms with Gasteiger partial charge in [0.25, 0.3) is 5.91 Å². The zero-order valence-electron chi connectivity index (χ0n) is 17.7. The van der Waals surface area contributed by atoms with Crippen LogP contribution in [0.5, 0.6) is 5.75 Å². The van der Waals surface area contributed by atoms with Crippen LogP contribution in [0.4, 0.5) is 15.9 Å². The Hall–Kier alpha value is -4.24. The van der Waals surface area contributed by atoms with Gasteiger partial charge in [0, 0.05) is 23.1 Å². The average Bonchev–Trinajstić information content (AvgIpc) is 2.84. The fourth-order valence-corrected chi connectivity index (χ4v) is 3.45. The molecule has 0 saturated carbocycles. The van der Waals surface area contributed by atoms with E-state index in [1.165, 1.54) is 6.33 Å². The van der Waals surface area contributed by atoms with E-state index in [1.807, 2.05) is 0 Å². The SMILES string of the molecule is COc1ccc(C(O)Nc2cccc(CNc3ncnc4c(C(N)=O)cccc34)c2F)cc1. The molecule has 1 aromatic heterocycles. The second-order valence-corrected chi connectivity index (χ2v) is 7.24. The van der Waals surface area contributed by atoms with E-state index < -0.39 is 18.0 Å². The molecule has 0 fully saturated rings. The number of aliphatic hydroxyl groups is 1. The van der Waals surface area contributed by atoms with Crippen LogP contribution >= 0.6 is 0 Å². The summed E-state index contributed by atoms with van der Waals surface area (Å²) in [6, 6.07) is 16.7. The molecule has 1 unspecified atom stereocenters. The van der Waals surface area contributed by atoms with Gasteiger partial charge in [-0.05, 0) is 30.3 Å². The first-order valence-electron chi connectivity index (χ1n) is 10.1. The number of rotatable bonds is 8. The third-order valence-electron chi connectivity index (χ3n) is 5.18. The van der Waals surface area contributed by atoms with Crippen LogP contribution in [0.15, 0.2) is 67.0 Å². The van der Waals surface area contributed by atoms with Crippen LogP contribution in [0.1, 0.15) is 27.7 Å². The number of nitrogens with two attached hydrogens (primary N) is 1. The van der Waals surface area contributed by atoms with Crippen LogP contribution in [0.2, 0.25) is 0 Å². The Balaban J connectivity index is 1.53. The number of nitrogens with zero attached hydrogens (tertiary/aromatic N) is 2. The number of hydrogen-bond donors (Lipinski definition) is 4. The smallest absolute Gasteiger partial charge is 0.250 e. The lowest BCUT2D eigenvalue weighted by molar-refractivity contribution is 0.100. The molecule has 5 N–H and O–H groups in total. The van der Waals surface area contributed by atoms with Gasteiger partial charge in [-0.2, -0.15) is 0 Å². The van der Waals surface area contributed by atoms with Crippen molar-refractivity contribution in [1.29, 1.82) is 0 Å². The molecule has 1 atom stereocenters. The number of nitrogens with one attached hydrogen (secondary N) is 2. The van der Waals surface area contributed by atoms with E-state index in [-0.39, 0.29) is 17.8 Å². The van der Waals surface area contributed by atoms with Gasteiger partial charge in [0.15, 0.2) is 12.0 Å². The van der Waals surface area contributed by atoms with Crippen molar-refractivity contribution in [3.63, 3.8) is 0 Å². The van der Waals surface area contributed by atoms with Crippen molar-refractivity contribution in [3.8, 4) is 5.75 Å². The number of amides is 1. The van der Waals surface area contributed by atoms with Gasteiger partial charge in [-0.25, -0.2) is 14.4 Å². The minimum atomic E-state index is -1.10. The maximum absolute atomic E-state index is 15.1. The molecule has 0 bridgehead atoms. The highest BCUT2D eigenvalue weighted by atomic mass is 19.1. The number of para-hydroxylation sites is 1. The molecule has 4 aromatic rings. The van der Waals surface area contributed by atoms with Gasteiger partial charge in [-0.3, -0.25) is 4.79 Å². The van der Waals surface area contributed by atoms with E-state index >= 15 is 4.39 Å². The number of ether oxygens (including phenoxy) is 1. The van der Waals surface area contributed by atoms with Gasteiger partial charge in [-0.15, -0.1) is 0 Å². The predicted molar refractivity (Wildman–Crippen MR) is 123 cm³/mol. The zero-order valence-corrected chi connectivity index (χ0v) is 17.7. The molecule has 8 nitrogen and oxygen atoms in total. The molecule has 168 valence electrons. The van der Waals surface area contributed by atoms with Crippen molar-refractivity contribution in [2.24, 2.45) is 5.73 Å². The summed E-state index contributed by atoms with van der Waals surface area (Å²) in [5, 5.41) is 16.9. The maximum atomic E-state index is 15.1. The topological polar surface area (TPSA) is 122 Å². The highest BCUT2D eigenvalue weighted by molar-refractivity contribution is 6.06. The number of aliphatic hydroxyl groups excluding tert-OH is 1. The molecule has 1 heterocycles. The van der Waals surface area contributed by atoms with Crippen molar-refractivity contribution in [2.75, 3.05) is 17.7 Å². The minimum Gasteiger partial charge on any atom is -0.497 e. The Morgan fingerprint density at radius 3 is 2.61 bits per heavy atom. The van der Waals surface area contributed by atoms with Gasteiger partial charge in [-0.1, -0.05) is 30.3 Å². The monoisotopic (exact) mass is 447 g/mol. The number of benzene rings is 3. The van der Waals surface area contributed by atoms with E-state index in [0.717, 1.165) is 0 Å². The summed E-state index contributed by atoms with van der Waals surface area (Å²) in [5.41, 5.74) is 7.20. The lowest BCUT2D eigenvalue weighted by Crippen LogP contribution is -2.13. The van der Waals surface area contributed by atoms with Crippen LogP contribution in [-0.4, -0.2) is 28.1 Å². The molecule has 0 aliphatic heterocycles. The van der Waals surface area contributed by atoms with Gasteiger partial charge in [0.2, 0.25) is 0 Å². The van der Waals surface area contributed by atoms with Crippen LogP contribution in [-0.2, 0) is 6.54 Å². The summed E-state index contributed by atoms with van der Waals surface area (Å²) in [7, 11) is 1.56. The lowest BCUT2D eigenvalue weighted by atomic mass is 10.1. The molecule has 0 aliphatic rings. The second-order valence-electron chi connectivity index (χ2n) is 7.24. The molecule has 3 aromatic carbocycles. The maximum Gasteiger partial charge on any atom is 0.250 e. The molecule has 0 spiro atoms. The van der Waals surface area contributed by atoms with Crippen LogP contribution in [0.25, 0.3) is 10.9 Å². The van der Waals surface area contributed by atoms with Crippen molar-refractivity contribution >= 4 is 28.3 Å². The minimum absolute atomic E-state index is 0.118. The van der Waals surface area contributed by atoms with Crippen molar-refractivity contribution in [3.05, 3.63) is 89.5 Å². The number of anilines is 2. The quantitative estimate of drug-likeness (QED) is 0.305. The fourth-order valence-electron chi connectivity index (χ4n) is 3.45. The first-order valence-corrected chi connectivity index (χ1v) is 10.1. The third-order valence-corrected chi connectivity index (χ3v) is 5.18. The molecule has 0 saturated heterocycles. The molecule has 0 radical (unpaired) electrons. The number of methoxy groups -OCH3 is 1. The van der Waals surface area contributed by atoms with E-state index in [1.54, 1.807) is 67.8 Å². The molecule has 9 heteroatoms. The molecule has 33 heavy (non-hydrogen) atoms. The van der Waals surface area contributed by atoms with E-state index in [9.17, 15) is 9.90 Å². The van der Waals surface area contributed by atoms with Gasteiger partial charge >= 0.3 is 0 Å². The molecular formula is C24H22FN5O3. The standard InChI is InChI=1S/C24H22FN5O3/c1-33-16-10-8-14(9-11-16)24(32)30-19-7-2-4-15(20(19)25)12-27-23-18-6-3-5-17(22(26)31)21(18)28-13-29-23/h2-11,13,24,30,32H,12H2,1H3,(H2,26,31)(H,27,28,29). The number of halogens is 1. The molecule has 0 aliphatic carbocycles. The van der Waals surface area contributed by atoms with Gasteiger partial charge < -0.3 is 26.2 Å². The van der Waals surface area contributed by atoms with E-state index in [4.69, 9.17) is 10.5 Å².